The van der Waals surface area contributed by atoms with Gasteiger partial charge in [0.15, 0.2) is 0 Å². The number of benzene rings is 2. The zero-order chi connectivity index (χ0) is 26.0. The fourth-order valence-corrected chi connectivity index (χ4v) is 7.60. The second kappa shape index (κ2) is 11.1. The molecule has 0 aliphatic carbocycles. The van der Waals surface area contributed by atoms with Crippen LogP contribution in [0.15, 0.2) is 70.2 Å². The summed E-state index contributed by atoms with van der Waals surface area (Å²) in [4.78, 5) is 22.6. The van der Waals surface area contributed by atoms with E-state index in [1.54, 1.807) is 28.6 Å². The van der Waals surface area contributed by atoms with Gasteiger partial charge in [0.25, 0.3) is 0 Å². The number of carbonyl (C=O) groups excluding carboxylic acids is 1. The van der Waals surface area contributed by atoms with Crippen LogP contribution in [0.5, 0.6) is 0 Å². The van der Waals surface area contributed by atoms with Crippen LogP contribution < -0.4 is 5.32 Å². The highest BCUT2D eigenvalue weighted by Crippen LogP contribution is 2.38. The number of aromatic nitrogens is 2. The Morgan fingerprint density at radius 1 is 1.11 bits per heavy atom. The van der Waals surface area contributed by atoms with E-state index in [1.807, 2.05) is 29.6 Å². The number of fused-ring (bicyclic) bond motifs is 1. The molecule has 0 unspecified atom stereocenters. The van der Waals surface area contributed by atoms with Crippen molar-refractivity contribution >= 4 is 66.5 Å². The number of sulfonamides is 1. The van der Waals surface area contributed by atoms with E-state index < -0.39 is 10.0 Å². The standard InChI is InChI=1S/C26H25ClN4O3S3/c1-17-10-12-31(13-11-17)37(33,34)21-8-6-20(7-9-21)30-23(32)15-36-26-24-22(14-35-25(24)28-16-29-26)18-2-4-19(27)5-3-18/h2-9,14,16-17H,10-13,15H2,1H3,(H,30,32). The molecule has 3 heterocycles. The van der Waals surface area contributed by atoms with E-state index in [2.05, 4.69) is 22.2 Å². The summed E-state index contributed by atoms with van der Waals surface area (Å²) in [7, 11) is -3.53. The van der Waals surface area contributed by atoms with Crippen molar-refractivity contribution in [2.75, 3.05) is 24.2 Å². The minimum Gasteiger partial charge on any atom is -0.325 e. The lowest BCUT2D eigenvalue weighted by Crippen LogP contribution is -2.37. The molecule has 1 amide bonds. The molecule has 2 aromatic heterocycles. The second-order valence-electron chi connectivity index (χ2n) is 8.96. The number of nitrogens with zero attached hydrogens (tertiary/aromatic N) is 3. The first-order valence-corrected chi connectivity index (χ1v) is 15.5. The van der Waals surface area contributed by atoms with E-state index in [0.717, 1.165) is 39.2 Å². The van der Waals surface area contributed by atoms with Gasteiger partial charge >= 0.3 is 0 Å². The number of hydrogen-bond donors (Lipinski definition) is 1. The molecule has 37 heavy (non-hydrogen) atoms. The number of hydrogen-bond acceptors (Lipinski definition) is 7. The first-order chi connectivity index (χ1) is 17.8. The molecule has 1 saturated heterocycles. The maximum absolute atomic E-state index is 12.9. The molecule has 11 heteroatoms. The van der Waals surface area contributed by atoms with Crippen LogP contribution in [-0.4, -0.2) is 47.4 Å². The largest absolute Gasteiger partial charge is 0.325 e. The maximum Gasteiger partial charge on any atom is 0.243 e. The molecule has 2 aromatic carbocycles. The molecule has 1 aliphatic heterocycles. The first-order valence-electron chi connectivity index (χ1n) is 11.8. The molecule has 7 nitrogen and oxygen atoms in total. The Kier molecular flexibility index (Phi) is 7.83. The van der Waals surface area contributed by atoms with E-state index in [9.17, 15) is 13.2 Å². The fraction of sp³-hybridized carbons (Fsp3) is 0.269. The van der Waals surface area contributed by atoms with Crippen molar-refractivity contribution in [1.29, 1.82) is 0 Å². The van der Waals surface area contributed by atoms with E-state index in [0.29, 0.717) is 29.7 Å². The summed E-state index contributed by atoms with van der Waals surface area (Å²) in [5.74, 6) is 0.485. The molecule has 1 aliphatic rings. The highest BCUT2D eigenvalue weighted by molar-refractivity contribution is 8.00. The predicted octanol–water partition coefficient (Wildman–Crippen LogP) is 6.16. The maximum atomic E-state index is 12.9. The van der Waals surface area contributed by atoms with Gasteiger partial charge in [-0.3, -0.25) is 4.79 Å². The van der Waals surface area contributed by atoms with Gasteiger partial charge in [-0.2, -0.15) is 4.31 Å². The Bertz CT molecular complexity index is 1520. The van der Waals surface area contributed by atoms with Crippen molar-refractivity contribution in [2.24, 2.45) is 5.92 Å². The van der Waals surface area contributed by atoms with Crippen molar-refractivity contribution in [3.8, 4) is 11.1 Å². The van der Waals surface area contributed by atoms with Gasteiger partial charge in [0, 0.05) is 34.7 Å². The SMILES string of the molecule is CC1CCN(S(=O)(=O)c2ccc(NC(=O)CSc3ncnc4scc(-c5ccc(Cl)cc5)c34)cc2)CC1. The van der Waals surface area contributed by atoms with Gasteiger partial charge in [-0.25, -0.2) is 18.4 Å². The average molecular weight is 573 g/mol. The van der Waals surface area contributed by atoms with Crippen LogP contribution in [0.2, 0.25) is 5.02 Å². The van der Waals surface area contributed by atoms with Crippen LogP contribution in [0.3, 0.4) is 0 Å². The lowest BCUT2D eigenvalue weighted by atomic mass is 10.0. The van der Waals surface area contributed by atoms with Crippen LogP contribution in [0.4, 0.5) is 5.69 Å². The number of carbonyl (C=O) groups is 1. The van der Waals surface area contributed by atoms with Gasteiger partial charge in [0.05, 0.1) is 16.0 Å². The van der Waals surface area contributed by atoms with Crippen molar-refractivity contribution in [1.82, 2.24) is 14.3 Å². The van der Waals surface area contributed by atoms with Crippen molar-refractivity contribution in [3.05, 3.63) is 65.3 Å². The zero-order valence-electron chi connectivity index (χ0n) is 20.1. The fourth-order valence-electron chi connectivity index (χ4n) is 4.21. The normalized spacial score (nSPS) is 15.2. The molecule has 0 saturated carbocycles. The summed E-state index contributed by atoms with van der Waals surface area (Å²) in [5, 5.41) is 7.18. The third-order valence-corrected chi connectivity index (χ3v) is 10.4. The summed E-state index contributed by atoms with van der Waals surface area (Å²) in [6.45, 7) is 3.23. The summed E-state index contributed by atoms with van der Waals surface area (Å²) in [6, 6.07) is 13.9. The molecule has 0 radical (unpaired) electrons. The van der Waals surface area contributed by atoms with E-state index in [-0.39, 0.29) is 16.6 Å². The monoisotopic (exact) mass is 572 g/mol. The van der Waals surface area contributed by atoms with E-state index in [1.165, 1.54) is 29.4 Å². The Labute approximate surface area is 229 Å². The molecular weight excluding hydrogens is 548 g/mol. The van der Waals surface area contributed by atoms with E-state index in [4.69, 9.17) is 11.6 Å². The molecule has 0 atom stereocenters. The van der Waals surface area contributed by atoms with Gasteiger partial charge in [-0.1, -0.05) is 42.4 Å². The van der Waals surface area contributed by atoms with Crippen LogP contribution in [0.1, 0.15) is 19.8 Å². The Hall–Kier alpha value is -2.50. The van der Waals surface area contributed by atoms with Gasteiger partial charge in [0.2, 0.25) is 15.9 Å². The van der Waals surface area contributed by atoms with Crippen LogP contribution in [0, 0.1) is 5.92 Å². The number of anilines is 1. The van der Waals surface area contributed by atoms with Gasteiger partial charge in [-0.15, -0.1) is 11.3 Å². The summed E-state index contributed by atoms with van der Waals surface area (Å²) >= 11 is 8.90. The molecule has 0 spiro atoms. The Balaban J connectivity index is 1.25. The molecule has 1 fully saturated rings. The number of nitrogens with one attached hydrogen (secondary N) is 1. The number of piperidine rings is 1. The molecule has 5 rings (SSSR count). The lowest BCUT2D eigenvalue weighted by molar-refractivity contribution is -0.113. The Morgan fingerprint density at radius 2 is 1.81 bits per heavy atom. The number of thiophene rings is 1. The third kappa shape index (κ3) is 5.83. The summed E-state index contributed by atoms with van der Waals surface area (Å²) in [5.41, 5.74) is 2.55. The first kappa shape index (κ1) is 26.1. The van der Waals surface area contributed by atoms with Crippen LogP contribution >= 0.6 is 34.7 Å². The topological polar surface area (TPSA) is 92.3 Å². The third-order valence-electron chi connectivity index (χ3n) is 6.35. The van der Waals surface area contributed by atoms with Crippen LogP contribution in [0.25, 0.3) is 21.3 Å². The van der Waals surface area contributed by atoms with Crippen molar-refractivity contribution < 1.29 is 13.2 Å². The van der Waals surface area contributed by atoms with Gasteiger partial charge in [-0.05, 0) is 60.7 Å². The molecule has 1 N–H and O–H groups in total. The number of thioether (sulfide) groups is 1. The highest BCUT2D eigenvalue weighted by Gasteiger charge is 2.28. The van der Waals surface area contributed by atoms with Gasteiger partial charge < -0.3 is 5.32 Å². The average Bonchev–Trinajstić information content (AvgIpc) is 3.33. The minimum atomic E-state index is -3.53. The summed E-state index contributed by atoms with van der Waals surface area (Å²) in [6.07, 6.45) is 3.25. The van der Waals surface area contributed by atoms with Crippen molar-refractivity contribution in [3.63, 3.8) is 0 Å². The van der Waals surface area contributed by atoms with E-state index >= 15 is 0 Å². The number of amides is 1. The smallest absolute Gasteiger partial charge is 0.243 e. The van der Waals surface area contributed by atoms with Gasteiger partial charge in [0.1, 0.15) is 16.2 Å². The molecule has 192 valence electrons. The molecule has 4 aromatic rings. The van der Waals surface area contributed by atoms with Crippen LogP contribution in [-0.2, 0) is 14.8 Å². The second-order valence-corrected chi connectivity index (χ2v) is 13.2. The minimum absolute atomic E-state index is 0.147. The quantitative estimate of drug-likeness (QED) is 0.210. The summed E-state index contributed by atoms with van der Waals surface area (Å²) < 4.78 is 27.4. The number of rotatable bonds is 7. The Morgan fingerprint density at radius 3 is 2.51 bits per heavy atom. The highest BCUT2D eigenvalue weighted by atomic mass is 35.5. The molecular formula is C26H25ClN4O3S3. The predicted molar refractivity (Wildman–Crippen MR) is 151 cm³/mol. The lowest BCUT2D eigenvalue weighted by Gasteiger charge is -2.29. The molecule has 0 bridgehead atoms. The zero-order valence-corrected chi connectivity index (χ0v) is 23.3. The number of halogens is 1. The van der Waals surface area contributed by atoms with Crippen molar-refractivity contribution in [2.45, 2.75) is 29.7 Å².